The highest BCUT2D eigenvalue weighted by molar-refractivity contribution is 7.97. The van der Waals surface area contributed by atoms with Crippen LogP contribution >= 0.6 is 24.0 Å². The van der Waals surface area contributed by atoms with Crippen LogP contribution in [0.15, 0.2) is 54.6 Å². The molecule has 2 aromatic carbocycles. The number of nitrogens with zero attached hydrogens (tertiary/aromatic N) is 2. The second kappa shape index (κ2) is 7.81. The third-order valence-electron chi connectivity index (χ3n) is 4.07. The number of aromatic nitrogens is 3. The predicted molar refractivity (Wildman–Crippen MR) is 104 cm³/mol. The summed E-state index contributed by atoms with van der Waals surface area (Å²) in [4.78, 5) is 0. The third-order valence-corrected chi connectivity index (χ3v) is 5.36. The van der Waals surface area contributed by atoms with Crippen molar-refractivity contribution in [3.63, 3.8) is 0 Å². The lowest BCUT2D eigenvalue weighted by Gasteiger charge is -2.16. The van der Waals surface area contributed by atoms with E-state index >= 15 is 0 Å². The number of aryl methyl sites for hydroxylation is 1. The van der Waals surface area contributed by atoms with Crippen LogP contribution in [-0.4, -0.2) is 14.8 Å². The fraction of sp³-hybridized carbons (Fsp3) is 0.263. The maximum atomic E-state index is 5.44. The quantitative estimate of drug-likeness (QED) is 0.610. The Bertz CT molecular complexity index is 835. The molecule has 1 N–H and O–H groups in total. The van der Waals surface area contributed by atoms with Crippen molar-refractivity contribution >= 4 is 24.0 Å². The number of H-pyrrole nitrogens is 1. The molecule has 0 bridgehead atoms. The molecule has 0 aliphatic rings. The van der Waals surface area contributed by atoms with Gasteiger partial charge in [0.1, 0.15) is 5.82 Å². The average molecular weight is 356 g/mol. The third kappa shape index (κ3) is 3.97. The second-order valence-corrected chi connectivity index (χ2v) is 7.25. The van der Waals surface area contributed by atoms with E-state index in [-0.39, 0.29) is 6.04 Å². The topological polar surface area (TPSA) is 33.6 Å². The molecule has 1 aromatic heterocycles. The summed E-state index contributed by atoms with van der Waals surface area (Å²) in [7, 11) is 0. The summed E-state index contributed by atoms with van der Waals surface area (Å²) in [6.07, 6.45) is 0. The second-order valence-electron chi connectivity index (χ2n) is 5.88. The van der Waals surface area contributed by atoms with Gasteiger partial charge in [-0.15, -0.1) is 11.8 Å². The van der Waals surface area contributed by atoms with E-state index in [1.807, 2.05) is 17.8 Å². The number of rotatable bonds is 6. The van der Waals surface area contributed by atoms with Gasteiger partial charge >= 0.3 is 0 Å². The molecule has 124 valence electrons. The van der Waals surface area contributed by atoms with Crippen LogP contribution in [0.5, 0.6) is 0 Å². The fourth-order valence-corrected chi connectivity index (χ4v) is 3.89. The van der Waals surface area contributed by atoms with Crippen LogP contribution in [0.4, 0.5) is 0 Å². The number of hydrogen-bond acceptors (Lipinski definition) is 3. The summed E-state index contributed by atoms with van der Waals surface area (Å²) < 4.78 is 2.80. The van der Waals surface area contributed by atoms with E-state index in [0.29, 0.717) is 4.77 Å². The van der Waals surface area contributed by atoms with Gasteiger partial charge in [0.25, 0.3) is 0 Å². The van der Waals surface area contributed by atoms with E-state index in [2.05, 4.69) is 77.1 Å². The number of thioether (sulfide) groups is 1. The molecular formula is C19H21N3S2. The van der Waals surface area contributed by atoms with Crippen LogP contribution in [-0.2, 0) is 11.5 Å². The molecule has 1 atom stereocenters. The molecule has 1 heterocycles. The van der Waals surface area contributed by atoms with Crippen molar-refractivity contribution in [2.45, 2.75) is 31.4 Å². The molecule has 3 nitrogen and oxygen atoms in total. The minimum Gasteiger partial charge on any atom is -0.296 e. The minimum absolute atomic E-state index is 0.174. The first-order valence-electron chi connectivity index (χ1n) is 7.99. The Morgan fingerprint density at radius 3 is 2.50 bits per heavy atom. The zero-order valence-electron chi connectivity index (χ0n) is 13.9. The molecule has 3 rings (SSSR count). The molecular weight excluding hydrogens is 334 g/mol. The highest BCUT2D eigenvalue weighted by Gasteiger charge is 2.14. The molecule has 0 aliphatic heterocycles. The molecule has 3 aromatic rings. The van der Waals surface area contributed by atoms with Crippen LogP contribution in [0.2, 0.25) is 0 Å². The average Bonchev–Trinajstić information content (AvgIpc) is 2.97. The number of nitrogens with one attached hydrogen (secondary N) is 1. The van der Waals surface area contributed by atoms with Gasteiger partial charge in [-0.1, -0.05) is 60.2 Å². The van der Waals surface area contributed by atoms with Gasteiger partial charge in [0.2, 0.25) is 0 Å². The van der Waals surface area contributed by atoms with Crippen LogP contribution < -0.4 is 0 Å². The maximum Gasteiger partial charge on any atom is 0.195 e. The summed E-state index contributed by atoms with van der Waals surface area (Å²) in [6, 6.07) is 19.3. The maximum absolute atomic E-state index is 5.44. The minimum atomic E-state index is 0.174. The number of benzene rings is 2. The van der Waals surface area contributed by atoms with Crippen molar-refractivity contribution < 1.29 is 0 Å². The Labute approximate surface area is 152 Å². The smallest absolute Gasteiger partial charge is 0.195 e. The van der Waals surface area contributed by atoms with Crippen molar-refractivity contribution in [3.8, 4) is 0 Å². The van der Waals surface area contributed by atoms with E-state index in [1.54, 1.807) is 0 Å². The molecule has 5 heteroatoms. The van der Waals surface area contributed by atoms with Gasteiger partial charge in [0.05, 0.1) is 11.8 Å². The van der Waals surface area contributed by atoms with Gasteiger partial charge < -0.3 is 0 Å². The van der Waals surface area contributed by atoms with Gasteiger partial charge in [-0.25, -0.2) is 0 Å². The van der Waals surface area contributed by atoms with E-state index in [0.717, 1.165) is 17.3 Å². The Morgan fingerprint density at radius 1 is 1.08 bits per heavy atom. The summed E-state index contributed by atoms with van der Waals surface area (Å²) >= 11 is 7.30. The highest BCUT2D eigenvalue weighted by atomic mass is 32.2. The zero-order chi connectivity index (χ0) is 16.9. The van der Waals surface area contributed by atoms with Crippen LogP contribution in [0.1, 0.15) is 35.5 Å². The lowest BCUT2D eigenvalue weighted by atomic mass is 10.1. The largest absolute Gasteiger partial charge is 0.296 e. The Morgan fingerprint density at radius 2 is 1.79 bits per heavy atom. The van der Waals surface area contributed by atoms with Gasteiger partial charge in [0.15, 0.2) is 4.77 Å². The monoisotopic (exact) mass is 355 g/mol. The first-order chi connectivity index (χ1) is 11.6. The van der Waals surface area contributed by atoms with Crippen LogP contribution in [0.3, 0.4) is 0 Å². The van der Waals surface area contributed by atoms with E-state index in [1.165, 1.54) is 16.7 Å². The fourth-order valence-electron chi connectivity index (χ4n) is 2.66. The Kier molecular flexibility index (Phi) is 5.53. The highest BCUT2D eigenvalue weighted by Crippen LogP contribution is 2.23. The Hall–Kier alpha value is -1.85. The first-order valence-corrected chi connectivity index (χ1v) is 9.55. The van der Waals surface area contributed by atoms with Crippen molar-refractivity contribution in [2.24, 2.45) is 0 Å². The summed E-state index contributed by atoms with van der Waals surface area (Å²) in [5.74, 6) is 2.80. The van der Waals surface area contributed by atoms with Crippen molar-refractivity contribution in [1.82, 2.24) is 14.8 Å². The molecule has 0 amide bonds. The zero-order valence-corrected chi connectivity index (χ0v) is 15.5. The molecule has 0 radical (unpaired) electrons. The van der Waals surface area contributed by atoms with Crippen LogP contribution in [0, 0.1) is 11.7 Å². The van der Waals surface area contributed by atoms with Crippen molar-refractivity contribution in [2.75, 3.05) is 0 Å². The molecule has 24 heavy (non-hydrogen) atoms. The molecule has 0 saturated carbocycles. The van der Waals surface area contributed by atoms with Gasteiger partial charge in [-0.3, -0.25) is 9.67 Å². The summed E-state index contributed by atoms with van der Waals surface area (Å²) in [5, 5.41) is 7.38. The van der Waals surface area contributed by atoms with Gasteiger partial charge in [-0.2, -0.15) is 5.10 Å². The molecule has 0 fully saturated rings. The first kappa shape index (κ1) is 17.0. The van der Waals surface area contributed by atoms with Crippen molar-refractivity contribution in [1.29, 1.82) is 0 Å². The Balaban J connectivity index is 1.71. The molecule has 0 aliphatic carbocycles. The molecule has 1 unspecified atom stereocenters. The normalized spacial score (nSPS) is 12.2. The van der Waals surface area contributed by atoms with Crippen LogP contribution in [0.25, 0.3) is 0 Å². The van der Waals surface area contributed by atoms with E-state index in [9.17, 15) is 0 Å². The van der Waals surface area contributed by atoms with E-state index in [4.69, 9.17) is 12.2 Å². The molecule has 0 saturated heterocycles. The summed E-state index contributed by atoms with van der Waals surface area (Å²) in [5.41, 5.74) is 3.86. The lowest BCUT2D eigenvalue weighted by Crippen LogP contribution is -2.10. The SMILES string of the molecule is Cc1ccc(CSCc2n[nH]c(=S)n2C(C)c2ccccc2)cc1. The standard InChI is InChI=1S/C19H21N3S2/c1-14-8-10-16(11-9-14)12-24-13-18-20-21-19(23)22(18)15(2)17-6-4-3-5-7-17/h3-11,15H,12-13H2,1-2H3,(H,21,23). The predicted octanol–water partition coefficient (Wildman–Crippen LogP) is 5.29. The van der Waals surface area contributed by atoms with Gasteiger partial charge in [0, 0.05) is 5.75 Å². The van der Waals surface area contributed by atoms with Gasteiger partial charge in [-0.05, 0) is 37.2 Å². The van der Waals surface area contributed by atoms with E-state index < -0.39 is 0 Å². The van der Waals surface area contributed by atoms with Crippen molar-refractivity contribution in [3.05, 3.63) is 81.9 Å². The number of hydrogen-bond donors (Lipinski definition) is 1. The lowest BCUT2D eigenvalue weighted by molar-refractivity contribution is 0.608. The summed E-state index contributed by atoms with van der Waals surface area (Å²) in [6.45, 7) is 4.27. The number of aromatic amines is 1. The molecule has 0 spiro atoms.